The lowest BCUT2D eigenvalue weighted by Gasteiger charge is -2.08. The first-order chi connectivity index (χ1) is 9.38. The second kappa shape index (κ2) is 5.34. The summed E-state index contributed by atoms with van der Waals surface area (Å²) in [4.78, 5) is 10.7. The zero-order valence-corrected chi connectivity index (χ0v) is 11.5. The molecule has 20 heavy (non-hydrogen) atoms. The number of nitrogens with one attached hydrogen (secondary N) is 1. The molecule has 104 valence electrons. The third kappa shape index (κ3) is 3.16. The van der Waals surface area contributed by atoms with E-state index < -0.39 is 16.0 Å². The van der Waals surface area contributed by atoms with Crippen molar-refractivity contribution >= 4 is 21.7 Å². The van der Waals surface area contributed by atoms with Crippen LogP contribution in [0.1, 0.15) is 15.9 Å². The first-order valence-electron chi connectivity index (χ1n) is 5.81. The van der Waals surface area contributed by atoms with Gasteiger partial charge in [0, 0.05) is 5.69 Å². The summed E-state index contributed by atoms with van der Waals surface area (Å²) in [5, 5.41) is 8.78. The van der Waals surface area contributed by atoms with Crippen LogP contribution >= 0.6 is 0 Å². The second-order valence-corrected chi connectivity index (χ2v) is 5.99. The van der Waals surface area contributed by atoms with E-state index in [4.69, 9.17) is 5.11 Å². The van der Waals surface area contributed by atoms with E-state index in [-0.39, 0.29) is 10.5 Å². The second-order valence-electron chi connectivity index (χ2n) is 4.30. The molecular formula is C14H13NO4S. The SMILES string of the molecule is Cc1cccc(NS(=O)(=O)c2ccc(C(=O)O)cc2)c1. The monoisotopic (exact) mass is 291 g/mol. The Morgan fingerprint density at radius 3 is 2.30 bits per heavy atom. The van der Waals surface area contributed by atoms with Crippen LogP contribution in [-0.2, 0) is 10.0 Å². The standard InChI is InChI=1S/C14H13NO4S/c1-10-3-2-4-12(9-10)15-20(18,19)13-7-5-11(6-8-13)14(16)17/h2-9,15H,1H3,(H,16,17). The fourth-order valence-electron chi connectivity index (χ4n) is 1.70. The number of carboxylic acids is 1. The summed E-state index contributed by atoms with van der Waals surface area (Å²) in [7, 11) is -3.72. The van der Waals surface area contributed by atoms with Crippen LogP contribution in [0.15, 0.2) is 53.4 Å². The molecular weight excluding hydrogens is 278 g/mol. The lowest BCUT2D eigenvalue weighted by molar-refractivity contribution is 0.0697. The van der Waals surface area contributed by atoms with Gasteiger partial charge >= 0.3 is 5.97 Å². The van der Waals surface area contributed by atoms with Gasteiger partial charge in [0.1, 0.15) is 0 Å². The highest BCUT2D eigenvalue weighted by molar-refractivity contribution is 7.92. The van der Waals surface area contributed by atoms with Gasteiger partial charge in [-0.05, 0) is 48.9 Å². The highest BCUT2D eigenvalue weighted by atomic mass is 32.2. The maximum absolute atomic E-state index is 12.1. The molecule has 0 atom stereocenters. The minimum Gasteiger partial charge on any atom is -0.478 e. The Balaban J connectivity index is 2.28. The Morgan fingerprint density at radius 1 is 1.10 bits per heavy atom. The fraction of sp³-hybridized carbons (Fsp3) is 0.0714. The normalized spacial score (nSPS) is 11.1. The van der Waals surface area contributed by atoms with Gasteiger partial charge in [0.25, 0.3) is 10.0 Å². The van der Waals surface area contributed by atoms with Crippen molar-refractivity contribution in [1.82, 2.24) is 0 Å². The van der Waals surface area contributed by atoms with E-state index in [9.17, 15) is 13.2 Å². The van der Waals surface area contributed by atoms with Crippen molar-refractivity contribution in [3.05, 3.63) is 59.7 Å². The van der Waals surface area contributed by atoms with Crippen molar-refractivity contribution in [3.8, 4) is 0 Å². The Bertz CT molecular complexity index is 736. The van der Waals surface area contributed by atoms with Crippen LogP contribution in [0, 0.1) is 6.92 Å². The molecule has 0 fully saturated rings. The largest absolute Gasteiger partial charge is 0.478 e. The number of aryl methyl sites for hydroxylation is 1. The van der Waals surface area contributed by atoms with Gasteiger partial charge in [0.15, 0.2) is 0 Å². The number of anilines is 1. The van der Waals surface area contributed by atoms with Gasteiger partial charge in [-0.1, -0.05) is 12.1 Å². The van der Waals surface area contributed by atoms with Gasteiger partial charge in [-0.15, -0.1) is 0 Å². The summed E-state index contributed by atoms with van der Waals surface area (Å²) in [6.07, 6.45) is 0. The van der Waals surface area contributed by atoms with E-state index in [0.717, 1.165) is 5.56 Å². The van der Waals surface area contributed by atoms with Crippen LogP contribution in [0.4, 0.5) is 5.69 Å². The summed E-state index contributed by atoms with van der Waals surface area (Å²) in [6, 6.07) is 12.0. The van der Waals surface area contributed by atoms with E-state index in [1.807, 2.05) is 13.0 Å². The Labute approximate surface area is 116 Å². The number of carboxylic acid groups (broad SMARTS) is 1. The topological polar surface area (TPSA) is 83.5 Å². The highest BCUT2D eigenvalue weighted by Gasteiger charge is 2.14. The molecule has 0 radical (unpaired) electrons. The lowest BCUT2D eigenvalue weighted by Crippen LogP contribution is -2.13. The third-order valence-corrected chi connectivity index (χ3v) is 4.08. The number of hydrogen-bond acceptors (Lipinski definition) is 3. The van der Waals surface area contributed by atoms with Gasteiger partial charge < -0.3 is 5.11 Å². The van der Waals surface area contributed by atoms with E-state index in [1.54, 1.807) is 18.2 Å². The summed E-state index contributed by atoms with van der Waals surface area (Å²) < 4.78 is 26.7. The average Bonchev–Trinajstić information content (AvgIpc) is 2.38. The van der Waals surface area contributed by atoms with E-state index >= 15 is 0 Å². The molecule has 0 spiro atoms. The molecule has 0 bridgehead atoms. The lowest BCUT2D eigenvalue weighted by atomic mass is 10.2. The summed E-state index contributed by atoms with van der Waals surface area (Å²) in [6.45, 7) is 1.86. The van der Waals surface area contributed by atoms with E-state index in [1.165, 1.54) is 24.3 Å². The van der Waals surface area contributed by atoms with Gasteiger partial charge in [0.05, 0.1) is 10.5 Å². The molecule has 2 N–H and O–H groups in total. The van der Waals surface area contributed by atoms with Crippen LogP contribution in [0.5, 0.6) is 0 Å². The molecule has 2 aromatic carbocycles. The smallest absolute Gasteiger partial charge is 0.335 e. The van der Waals surface area contributed by atoms with E-state index in [0.29, 0.717) is 5.69 Å². The number of aromatic carboxylic acids is 1. The number of hydrogen-bond donors (Lipinski definition) is 2. The number of benzene rings is 2. The zero-order valence-electron chi connectivity index (χ0n) is 10.7. The summed E-state index contributed by atoms with van der Waals surface area (Å²) in [5.41, 5.74) is 1.44. The van der Waals surface area contributed by atoms with Crippen molar-refractivity contribution in [2.45, 2.75) is 11.8 Å². The fourth-order valence-corrected chi connectivity index (χ4v) is 2.75. The molecule has 0 aliphatic heterocycles. The number of sulfonamides is 1. The molecule has 0 aliphatic rings. The van der Waals surface area contributed by atoms with Gasteiger partial charge in [-0.3, -0.25) is 4.72 Å². The zero-order chi connectivity index (χ0) is 14.8. The molecule has 2 rings (SSSR count). The minimum absolute atomic E-state index is 0.0176. The van der Waals surface area contributed by atoms with Crippen molar-refractivity contribution in [3.63, 3.8) is 0 Å². The first-order valence-corrected chi connectivity index (χ1v) is 7.30. The van der Waals surface area contributed by atoms with E-state index in [2.05, 4.69) is 4.72 Å². The van der Waals surface area contributed by atoms with Crippen molar-refractivity contribution in [2.24, 2.45) is 0 Å². The molecule has 5 nitrogen and oxygen atoms in total. The molecule has 0 heterocycles. The first kappa shape index (κ1) is 14.1. The van der Waals surface area contributed by atoms with Gasteiger partial charge in [0.2, 0.25) is 0 Å². The van der Waals surface area contributed by atoms with Gasteiger partial charge in [-0.25, -0.2) is 13.2 Å². The Hall–Kier alpha value is -2.34. The molecule has 0 amide bonds. The van der Waals surface area contributed by atoms with Gasteiger partial charge in [-0.2, -0.15) is 0 Å². The van der Waals surface area contributed by atoms with Crippen LogP contribution < -0.4 is 4.72 Å². The van der Waals surface area contributed by atoms with Crippen molar-refractivity contribution in [1.29, 1.82) is 0 Å². The molecule has 0 aliphatic carbocycles. The molecule has 2 aromatic rings. The average molecular weight is 291 g/mol. The Morgan fingerprint density at radius 2 is 1.75 bits per heavy atom. The summed E-state index contributed by atoms with van der Waals surface area (Å²) in [5.74, 6) is -1.10. The quantitative estimate of drug-likeness (QED) is 0.906. The van der Waals surface area contributed by atoms with Crippen molar-refractivity contribution < 1.29 is 18.3 Å². The van der Waals surface area contributed by atoms with Crippen LogP contribution in [0.3, 0.4) is 0 Å². The minimum atomic E-state index is -3.72. The predicted octanol–water partition coefficient (Wildman–Crippen LogP) is 2.49. The van der Waals surface area contributed by atoms with Crippen LogP contribution in [0.2, 0.25) is 0 Å². The van der Waals surface area contributed by atoms with Crippen molar-refractivity contribution in [2.75, 3.05) is 4.72 Å². The molecule has 6 heteroatoms. The predicted molar refractivity (Wildman–Crippen MR) is 75.4 cm³/mol. The maximum atomic E-state index is 12.1. The molecule has 0 aromatic heterocycles. The molecule has 0 unspecified atom stereocenters. The van der Waals surface area contributed by atoms with Crippen LogP contribution in [0.25, 0.3) is 0 Å². The summed E-state index contributed by atoms with van der Waals surface area (Å²) >= 11 is 0. The number of rotatable bonds is 4. The maximum Gasteiger partial charge on any atom is 0.335 e. The van der Waals surface area contributed by atoms with Crippen LogP contribution in [-0.4, -0.2) is 19.5 Å². The molecule has 0 saturated carbocycles. The molecule has 0 saturated heterocycles. The highest BCUT2D eigenvalue weighted by Crippen LogP contribution is 2.17. The number of carbonyl (C=O) groups is 1. The third-order valence-electron chi connectivity index (χ3n) is 2.68. The Kier molecular flexibility index (Phi) is 3.76.